The van der Waals surface area contributed by atoms with Gasteiger partial charge in [-0.3, -0.25) is 0 Å². The summed E-state index contributed by atoms with van der Waals surface area (Å²) in [6.45, 7) is 4.11. The lowest BCUT2D eigenvalue weighted by atomic mass is 9.90. The van der Waals surface area contributed by atoms with Crippen LogP contribution in [0, 0.1) is 17.2 Å². The molecule has 1 rings (SSSR count). The highest BCUT2D eigenvalue weighted by Gasteiger charge is 2.14. The summed E-state index contributed by atoms with van der Waals surface area (Å²) < 4.78 is 5.06. The number of benzene rings is 1. The van der Waals surface area contributed by atoms with Gasteiger partial charge in [-0.15, -0.1) is 0 Å². The van der Waals surface area contributed by atoms with Crippen LogP contribution in [0.25, 0.3) is 0 Å². The Kier molecular flexibility index (Phi) is 3.53. The quantitative estimate of drug-likeness (QED) is 0.732. The van der Waals surface area contributed by atoms with E-state index in [1.807, 2.05) is 24.3 Å². The maximum absolute atomic E-state index is 9.00. The first kappa shape index (κ1) is 10.6. The summed E-state index contributed by atoms with van der Waals surface area (Å²) >= 11 is 0. The first-order chi connectivity index (χ1) is 6.69. The van der Waals surface area contributed by atoms with Crippen LogP contribution in [0.1, 0.15) is 25.3 Å². The average Bonchev–Trinajstić information content (AvgIpc) is 2.19. The van der Waals surface area contributed by atoms with Crippen molar-refractivity contribution < 1.29 is 4.74 Å². The van der Waals surface area contributed by atoms with Gasteiger partial charge < -0.3 is 4.74 Å². The van der Waals surface area contributed by atoms with E-state index in [4.69, 9.17) is 10.00 Å². The van der Waals surface area contributed by atoms with E-state index < -0.39 is 0 Å². The highest BCUT2D eigenvalue weighted by molar-refractivity contribution is 5.32. The van der Waals surface area contributed by atoms with Crippen molar-refractivity contribution in [1.29, 1.82) is 5.26 Å². The van der Waals surface area contributed by atoms with E-state index in [2.05, 4.69) is 19.9 Å². The van der Waals surface area contributed by atoms with Gasteiger partial charge in [0.05, 0.1) is 19.1 Å². The minimum Gasteiger partial charge on any atom is -0.497 e. The van der Waals surface area contributed by atoms with Crippen LogP contribution in [0.2, 0.25) is 0 Å². The predicted molar refractivity (Wildman–Crippen MR) is 56.2 cm³/mol. The molecule has 0 N–H and O–H groups in total. The van der Waals surface area contributed by atoms with Gasteiger partial charge in [0.15, 0.2) is 0 Å². The Bertz CT molecular complexity index is 321. The minimum absolute atomic E-state index is 0.0269. The van der Waals surface area contributed by atoms with Gasteiger partial charge in [0.1, 0.15) is 5.75 Å². The minimum atomic E-state index is -0.0269. The molecular weight excluding hydrogens is 174 g/mol. The van der Waals surface area contributed by atoms with Crippen LogP contribution in [-0.2, 0) is 0 Å². The number of nitrogens with zero attached hydrogens (tertiary/aromatic N) is 1. The van der Waals surface area contributed by atoms with Crippen molar-refractivity contribution in [2.24, 2.45) is 5.92 Å². The van der Waals surface area contributed by atoms with Gasteiger partial charge in [0.25, 0.3) is 0 Å². The molecule has 2 heteroatoms. The molecule has 0 spiro atoms. The molecule has 0 saturated heterocycles. The lowest BCUT2D eigenvalue weighted by molar-refractivity contribution is 0.414. The van der Waals surface area contributed by atoms with Crippen LogP contribution in [0.5, 0.6) is 5.75 Å². The maximum atomic E-state index is 9.00. The Morgan fingerprint density at radius 2 is 1.79 bits per heavy atom. The van der Waals surface area contributed by atoms with Crippen molar-refractivity contribution in [3.05, 3.63) is 29.8 Å². The molecule has 0 fully saturated rings. The average molecular weight is 189 g/mol. The molecule has 0 aromatic heterocycles. The van der Waals surface area contributed by atoms with Crippen molar-refractivity contribution in [3.63, 3.8) is 0 Å². The second kappa shape index (κ2) is 4.66. The lowest BCUT2D eigenvalue weighted by Gasteiger charge is -2.13. The zero-order valence-corrected chi connectivity index (χ0v) is 8.82. The van der Waals surface area contributed by atoms with Gasteiger partial charge >= 0.3 is 0 Å². The predicted octanol–water partition coefficient (Wildman–Crippen LogP) is 2.96. The third kappa shape index (κ3) is 2.26. The van der Waals surface area contributed by atoms with E-state index in [0.29, 0.717) is 5.92 Å². The topological polar surface area (TPSA) is 33.0 Å². The Morgan fingerprint density at radius 1 is 1.21 bits per heavy atom. The molecule has 2 nitrogen and oxygen atoms in total. The van der Waals surface area contributed by atoms with Crippen LogP contribution >= 0.6 is 0 Å². The van der Waals surface area contributed by atoms with Crippen molar-refractivity contribution in [1.82, 2.24) is 0 Å². The lowest BCUT2D eigenvalue weighted by Crippen LogP contribution is -2.03. The smallest absolute Gasteiger partial charge is 0.118 e. The van der Waals surface area contributed by atoms with Crippen LogP contribution in [-0.4, -0.2) is 7.11 Å². The molecule has 1 aromatic rings. The highest BCUT2D eigenvalue weighted by Crippen LogP contribution is 2.25. The Morgan fingerprint density at radius 3 is 2.14 bits per heavy atom. The van der Waals surface area contributed by atoms with E-state index in [1.54, 1.807) is 7.11 Å². The number of methoxy groups -OCH3 is 1. The van der Waals surface area contributed by atoms with Crippen molar-refractivity contribution in [2.45, 2.75) is 19.8 Å². The van der Waals surface area contributed by atoms with Gasteiger partial charge in [0, 0.05) is 0 Å². The summed E-state index contributed by atoms with van der Waals surface area (Å²) in [5, 5.41) is 9.00. The fourth-order valence-electron chi connectivity index (χ4n) is 1.42. The van der Waals surface area contributed by atoms with E-state index in [-0.39, 0.29) is 5.92 Å². The Hall–Kier alpha value is -1.49. The molecule has 0 unspecified atom stereocenters. The van der Waals surface area contributed by atoms with Gasteiger partial charge in [-0.1, -0.05) is 26.0 Å². The third-order valence-electron chi connectivity index (χ3n) is 2.28. The second-order valence-corrected chi connectivity index (χ2v) is 3.62. The molecule has 0 heterocycles. The van der Waals surface area contributed by atoms with Crippen LogP contribution in [0.4, 0.5) is 0 Å². The third-order valence-corrected chi connectivity index (χ3v) is 2.28. The van der Waals surface area contributed by atoms with E-state index >= 15 is 0 Å². The van der Waals surface area contributed by atoms with Gasteiger partial charge in [-0.2, -0.15) is 5.26 Å². The fourth-order valence-corrected chi connectivity index (χ4v) is 1.42. The summed E-state index contributed by atoms with van der Waals surface area (Å²) in [7, 11) is 1.64. The van der Waals surface area contributed by atoms with Crippen LogP contribution in [0.3, 0.4) is 0 Å². The van der Waals surface area contributed by atoms with Crippen LogP contribution < -0.4 is 4.74 Å². The van der Waals surface area contributed by atoms with Crippen molar-refractivity contribution in [3.8, 4) is 11.8 Å². The SMILES string of the molecule is COc1ccc([C@@H](C#N)C(C)C)cc1. The number of nitriles is 1. The van der Waals surface area contributed by atoms with E-state index in [0.717, 1.165) is 11.3 Å². The molecule has 0 saturated carbocycles. The zero-order valence-electron chi connectivity index (χ0n) is 8.82. The molecular formula is C12H15NO. The summed E-state index contributed by atoms with van der Waals surface area (Å²) in [6.07, 6.45) is 0. The first-order valence-electron chi connectivity index (χ1n) is 4.72. The molecule has 0 bridgehead atoms. The number of hydrogen-bond donors (Lipinski definition) is 0. The molecule has 0 aliphatic heterocycles. The largest absolute Gasteiger partial charge is 0.497 e. The molecule has 0 aliphatic carbocycles. The molecule has 14 heavy (non-hydrogen) atoms. The maximum Gasteiger partial charge on any atom is 0.118 e. The molecule has 0 radical (unpaired) electrons. The normalized spacial score (nSPS) is 12.2. The standard InChI is InChI=1S/C12H15NO/c1-9(2)12(8-13)10-4-6-11(14-3)7-5-10/h4-7,9,12H,1-3H3/t12-/m0/s1. The van der Waals surface area contributed by atoms with Crippen LogP contribution in [0.15, 0.2) is 24.3 Å². The van der Waals surface area contributed by atoms with E-state index in [9.17, 15) is 0 Å². The summed E-state index contributed by atoms with van der Waals surface area (Å²) in [4.78, 5) is 0. The number of rotatable bonds is 3. The Balaban J connectivity index is 2.91. The zero-order chi connectivity index (χ0) is 10.6. The number of ether oxygens (including phenoxy) is 1. The van der Waals surface area contributed by atoms with Crippen molar-refractivity contribution in [2.75, 3.05) is 7.11 Å². The summed E-state index contributed by atoms with van der Waals surface area (Å²) in [6, 6.07) is 10.00. The fraction of sp³-hybridized carbons (Fsp3) is 0.417. The molecule has 74 valence electrons. The first-order valence-corrected chi connectivity index (χ1v) is 4.72. The van der Waals surface area contributed by atoms with Gasteiger partial charge in [-0.25, -0.2) is 0 Å². The van der Waals surface area contributed by atoms with Crippen molar-refractivity contribution >= 4 is 0 Å². The molecule has 1 aromatic carbocycles. The van der Waals surface area contributed by atoms with Gasteiger partial charge in [-0.05, 0) is 23.6 Å². The molecule has 0 aliphatic rings. The second-order valence-electron chi connectivity index (χ2n) is 3.62. The summed E-state index contributed by atoms with van der Waals surface area (Å²) in [5.41, 5.74) is 1.06. The Labute approximate surface area is 85.1 Å². The molecule has 1 atom stereocenters. The molecule has 0 amide bonds. The van der Waals surface area contributed by atoms with Gasteiger partial charge in [0.2, 0.25) is 0 Å². The van der Waals surface area contributed by atoms with E-state index in [1.165, 1.54) is 0 Å². The number of hydrogen-bond acceptors (Lipinski definition) is 2. The monoisotopic (exact) mass is 189 g/mol. The highest BCUT2D eigenvalue weighted by atomic mass is 16.5. The summed E-state index contributed by atoms with van der Waals surface area (Å²) in [5.74, 6) is 1.14.